The van der Waals surface area contributed by atoms with E-state index in [0.29, 0.717) is 5.56 Å². The summed E-state index contributed by atoms with van der Waals surface area (Å²) in [6, 6.07) is 5.14. The minimum Gasteiger partial charge on any atom is -0.508 e. The van der Waals surface area contributed by atoms with Gasteiger partial charge in [0.2, 0.25) is 5.56 Å². The monoisotopic (exact) mass is 265 g/mol. The molecule has 0 fully saturated rings. The van der Waals surface area contributed by atoms with E-state index >= 15 is 0 Å². The Morgan fingerprint density at radius 2 is 1.94 bits per heavy atom. The van der Waals surface area contributed by atoms with Crippen LogP contribution in [0.25, 0.3) is 11.1 Å². The second-order valence-electron chi connectivity index (χ2n) is 3.59. The summed E-state index contributed by atoms with van der Waals surface area (Å²) < 4.78 is 0. The van der Waals surface area contributed by atoms with Crippen molar-refractivity contribution in [2.75, 3.05) is 0 Å². The molecule has 0 spiro atoms. The van der Waals surface area contributed by atoms with E-state index in [0.717, 1.165) is 6.07 Å². The molecule has 2 aromatic rings. The third kappa shape index (κ3) is 2.21. The van der Waals surface area contributed by atoms with E-state index in [2.05, 4.69) is 4.98 Å². The molecule has 0 saturated heterocycles. The van der Waals surface area contributed by atoms with Gasteiger partial charge < -0.3 is 15.2 Å². The van der Waals surface area contributed by atoms with Gasteiger partial charge >= 0.3 is 5.97 Å². The molecule has 0 radical (unpaired) electrons. The average Bonchev–Trinajstić information content (AvgIpc) is 2.32. The van der Waals surface area contributed by atoms with E-state index in [1.807, 2.05) is 0 Å². The number of nitrogens with one attached hydrogen (secondary N) is 1. The minimum absolute atomic E-state index is 0.0445. The number of H-pyrrole nitrogens is 1. The lowest BCUT2D eigenvalue weighted by Gasteiger charge is -2.08. The third-order valence-electron chi connectivity index (χ3n) is 2.39. The lowest BCUT2D eigenvalue weighted by molar-refractivity contribution is 0.0697. The molecule has 0 atom stereocenters. The lowest BCUT2D eigenvalue weighted by atomic mass is 10.0. The molecule has 1 aromatic heterocycles. The lowest BCUT2D eigenvalue weighted by Crippen LogP contribution is -2.10. The van der Waals surface area contributed by atoms with Crippen LogP contribution in [0.3, 0.4) is 0 Å². The number of rotatable bonds is 2. The number of benzene rings is 1. The molecular formula is C12H8ClNO4. The number of carboxylic acid groups (broad SMARTS) is 1. The van der Waals surface area contributed by atoms with Gasteiger partial charge in [-0.3, -0.25) is 4.79 Å². The zero-order chi connectivity index (χ0) is 13.3. The fraction of sp³-hybridized carbons (Fsp3) is 0. The van der Waals surface area contributed by atoms with Crippen molar-refractivity contribution in [1.82, 2.24) is 4.98 Å². The second-order valence-corrected chi connectivity index (χ2v) is 4.00. The minimum atomic E-state index is -1.24. The zero-order valence-electron chi connectivity index (χ0n) is 8.98. The predicted octanol–water partition coefficient (Wildman–Crippen LogP) is 2.10. The maximum atomic E-state index is 11.1. The first-order valence-electron chi connectivity index (χ1n) is 4.94. The number of phenols is 1. The van der Waals surface area contributed by atoms with Crippen LogP contribution in [0.2, 0.25) is 5.02 Å². The molecule has 1 heterocycles. The first-order chi connectivity index (χ1) is 8.49. The Hall–Kier alpha value is -2.27. The highest BCUT2D eigenvalue weighted by molar-refractivity contribution is 6.33. The van der Waals surface area contributed by atoms with Gasteiger partial charge in [-0.1, -0.05) is 11.6 Å². The average molecular weight is 266 g/mol. The molecule has 3 N–H and O–H groups in total. The Morgan fingerprint density at radius 3 is 2.61 bits per heavy atom. The molecule has 0 saturated carbocycles. The van der Waals surface area contributed by atoms with Gasteiger partial charge in [0.25, 0.3) is 0 Å². The van der Waals surface area contributed by atoms with Gasteiger partial charge in [-0.15, -0.1) is 0 Å². The Balaban J connectivity index is 2.74. The number of aromatic nitrogens is 1. The fourth-order valence-corrected chi connectivity index (χ4v) is 1.81. The number of halogens is 1. The maximum absolute atomic E-state index is 11.1. The Bertz CT molecular complexity index is 678. The van der Waals surface area contributed by atoms with Gasteiger partial charge in [-0.2, -0.15) is 0 Å². The summed E-state index contributed by atoms with van der Waals surface area (Å²) in [5.41, 5.74) is -0.119. The number of hydrogen-bond acceptors (Lipinski definition) is 3. The summed E-state index contributed by atoms with van der Waals surface area (Å²) in [5.74, 6) is -1.28. The van der Waals surface area contributed by atoms with Crippen molar-refractivity contribution in [3.8, 4) is 16.9 Å². The second kappa shape index (κ2) is 4.54. The molecule has 0 aliphatic carbocycles. The molecular weight excluding hydrogens is 258 g/mol. The summed E-state index contributed by atoms with van der Waals surface area (Å²) in [6.45, 7) is 0. The van der Waals surface area contributed by atoms with E-state index in [4.69, 9.17) is 16.7 Å². The fourth-order valence-electron chi connectivity index (χ4n) is 1.59. The zero-order valence-corrected chi connectivity index (χ0v) is 9.73. The van der Waals surface area contributed by atoms with Crippen LogP contribution in [0.4, 0.5) is 0 Å². The predicted molar refractivity (Wildman–Crippen MR) is 66.1 cm³/mol. The molecule has 1 aromatic carbocycles. The number of hydrogen-bond donors (Lipinski definition) is 3. The van der Waals surface area contributed by atoms with Crippen molar-refractivity contribution in [3.63, 3.8) is 0 Å². The van der Waals surface area contributed by atoms with Gasteiger partial charge in [0.15, 0.2) is 0 Å². The normalized spacial score (nSPS) is 10.3. The van der Waals surface area contributed by atoms with E-state index in [1.54, 1.807) is 0 Å². The molecule has 0 unspecified atom stereocenters. The van der Waals surface area contributed by atoms with Crippen molar-refractivity contribution < 1.29 is 15.0 Å². The van der Waals surface area contributed by atoms with Crippen molar-refractivity contribution in [2.45, 2.75) is 0 Å². The van der Waals surface area contributed by atoms with Gasteiger partial charge in [-0.05, 0) is 18.2 Å². The SMILES string of the molecule is O=C(O)c1cc(=O)[nH]cc1-c1cc(O)ccc1Cl. The number of phenolic OH excluding ortho intramolecular Hbond substituents is 1. The summed E-state index contributed by atoms with van der Waals surface area (Å²) in [6.07, 6.45) is 1.26. The quantitative estimate of drug-likeness (QED) is 0.775. The van der Waals surface area contributed by atoms with Crippen molar-refractivity contribution in [1.29, 1.82) is 0 Å². The molecule has 0 aliphatic heterocycles. The highest BCUT2D eigenvalue weighted by Crippen LogP contribution is 2.32. The van der Waals surface area contributed by atoms with Gasteiger partial charge in [0.1, 0.15) is 5.75 Å². The van der Waals surface area contributed by atoms with Crippen LogP contribution in [0.15, 0.2) is 35.3 Å². The number of pyridine rings is 1. The molecule has 2 rings (SSSR count). The standard InChI is InChI=1S/C12H8ClNO4/c13-10-2-1-6(15)3-7(10)9-5-14-11(16)4-8(9)12(17)18/h1-5,15H,(H,14,16)(H,17,18). The van der Waals surface area contributed by atoms with Gasteiger partial charge in [0, 0.05) is 28.4 Å². The molecule has 6 heteroatoms. The van der Waals surface area contributed by atoms with E-state index in [1.165, 1.54) is 24.4 Å². The molecule has 92 valence electrons. The van der Waals surface area contributed by atoms with Crippen LogP contribution in [0.1, 0.15) is 10.4 Å². The topological polar surface area (TPSA) is 90.4 Å². The molecule has 5 nitrogen and oxygen atoms in total. The summed E-state index contributed by atoms with van der Waals surface area (Å²) in [5, 5.41) is 18.7. The first kappa shape index (κ1) is 12.2. The number of carboxylic acids is 1. The molecule has 18 heavy (non-hydrogen) atoms. The smallest absolute Gasteiger partial charge is 0.336 e. The molecule has 0 bridgehead atoms. The largest absolute Gasteiger partial charge is 0.508 e. The van der Waals surface area contributed by atoms with E-state index < -0.39 is 11.5 Å². The summed E-state index contributed by atoms with van der Waals surface area (Å²) in [7, 11) is 0. The van der Waals surface area contributed by atoms with Crippen LogP contribution >= 0.6 is 11.6 Å². The Morgan fingerprint density at radius 1 is 1.22 bits per heavy atom. The van der Waals surface area contributed by atoms with Crippen LogP contribution in [-0.2, 0) is 0 Å². The summed E-state index contributed by atoms with van der Waals surface area (Å²) >= 11 is 5.95. The van der Waals surface area contributed by atoms with E-state index in [-0.39, 0.29) is 21.9 Å². The van der Waals surface area contributed by atoms with Crippen LogP contribution in [0, 0.1) is 0 Å². The molecule has 0 amide bonds. The van der Waals surface area contributed by atoms with E-state index in [9.17, 15) is 14.7 Å². The third-order valence-corrected chi connectivity index (χ3v) is 2.72. The molecule has 0 aliphatic rings. The van der Waals surface area contributed by atoms with Crippen LogP contribution in [0.5, 0.6) is 5.75 Å². The number of aromatic carboxylic acids is 1. The van der Waals surface area contributed by atoms with Crippen molar-refractivity contribution >= 4 is 17.6 Å². The first-order valence-corrected chi connectivity index (χ1v) is 5.32. The van der Waals surface area contributed by atoms with Crippen LogP contribution < -0.4 is 5.56 Å². The van der Waals surface area contributed by atoms with Crippen molar-refractivity contribution in [2.24, 2.45) is 0 Å². The Kier molecular flexibility index (Phi) is 3.08. The Labute approximate surface area is 106 Å². The number of aromatic hydroxyl groups is 1. The highest BCUT2D eigenvalue weighted by atomic mass is 35.5. The summed E-state index contributed by atoms with van der Waals surface area (Å²) in [4.78, 5) is 24.6. The maximum Gasteiger partial charge on any atom is 0.336 e. The van der Waals surface area contributed by atoms with Crippen LogP contribution in [-0.4, -0.2) is 21.2 Å². The van der Waals surface area contributed by atoms with Gasteiger partial charge in [-0.25, -0.2) is 4.79 Å². The van der Waals surface area contributed by atoms with Crippen molar-refractivity contribution in [3.05, 3.63) is 51.4 Å². The number of aromatic amines is 1. The van der Waals surface area contributed by atoms with Gasteiger partial charge in [0.05, 0.1) is 5.56 Å². The highest BCUT2D eigenvalue weighted by Gasteiger charge is 2.15. The number of carbonyl (C=O) groups is 1.